The molecule has 0 bridgehead atoms. The zero-order chi connectivity index (χ0) is 10.3. The van der Waals surface area contributed by atoms with Gasteiger partial charge < -0.3 is 10.4 Å². The number of nitrogens with one attached hydrogen (secondary N) is 2. The molecular weight excluding hydrogens is 192 g/mol. The molecule has 6 heteroatoms. The zero-order valence-electron chi connectivity index (χ0n) is 7.66. The summed E-state index contributed by atoms with van der Waals surface area (Å²) in [4.78, 5) is 21.8. The third-order valence-electron chi connectivity index (χ3n) is 1.29. The van der Waals surface area contributed by atoms with Gasteiger partial charge in [-0.25, -0.2) is 4.79 Å². The van der Waals surface area contributed by atoms with E-state index in [2.05, 4.69) is 10.6 Å². The van der Waals surface area contributed by atoms with Crippen molar-refractivity contribution in [2.24, 2.45) is 0 Å². The summed E-state index contributed by atoms with van der Waals surface area (Å²) >= 11 is 1.29. The molecule has 0 spiro atoms. The van der Waals surface area contributed by atoms with Crippen LogP contribution in [0.4, 0.5) is 4.79 Å². The lowest BCUT2D eigenvalue weighted by Gasteiger charge is -2.09. The minimum absolute atomic E-state index is 0.0300. The fourth-order valence-electron chi connectivity index (χ4n) is 0.581. The minimum atomic E-state index is -0.513. The zero-order valence-corrected chi connectivity index (χ0v) is 8.48. The Hall–Kier alpha value is -0.750. The van der Waals surface area contributed by atoms with E-state index in [0.29, 0.717) is 5.75 Å². The van der Waals surface area contributed by atoms with Crippen LogP contribution >= 0.6 is 11.8 Å². The quantitative estimate of drug-likeness (QED) is 0.582. The lowest BCUT2D eigenvalue weighted by molar-refractivity contribution is -0.119. The maximum Gasteiger partial charge on any atom is 0.321 e. The Labute approximate surface area is 81.3 Å². The molecule has 0 aromatic heterocycles. The van der Waals surface area contributed by atoms with Crippen LogP contribution in [0, 0.1) is 0 Å². The van der Waals surface area contributed by atoms with E-state index in [9.17, 15) is 9.59 Å². The van der Waals surface area contributed by atoms with E-state index in [1.54, 1.807) is 6.92 Å². The first-order chi connectivity index (χ1) is 6.11. The molecule has 0 aliphatic heterocycles. The molecule has 0 unspecified atom stereocenters. The van der Waals surface area contributed by atoms with Crippen LogP contribution in [0.15, 0.2) is 0 Å². The highest BCUT2D eigenvalue weighted by Gasteiger charge is 2.14. The van der Waals surface area contributed by atoms with Gasteiger partial charge in [-0.3, -0.25) is 10.1 Å². The minimum Gasteiger partial charge on any atom is -0.396 e. The van der Waals surface area contributed by atoms with Gasteiger partial charge in [-0.15, -0.1) is 11.8 Å². The van der Waals surface area contributed by atoms with E-state index in [-0.39, 0.29) is 17.8 Å². The van der Waals surface area contributed by atoms with Crippen LogP contribution in [-0.4, -0.2) is 41.7 Å². The Bertz CT molecular complexity index is 187. The highest BCUT2D eigenvalue weighted by molar-refractivity contribution is 8.00. The van der Waals surface area contributed by atoms with Gasteiger partial charge in [0, 0.05) is 12.8 Å². The predicted molar refractivity (Wildman–Crippen MR) is 51.6 cm³/mol. The molecule has 0 aromatic carbocycles. The number of hydrogen-bond donors (Lipinski definition) is 3. The van der Waals surface area contributed by atoms with E-state index >= 15 is 0 Å². The molecule has 76 valence electrons. The van der Waals surface area contributed by atoms with Crippen molar-refractivity contribution in [2.75, 3.05) is 19.4 Å². The first-order valence-electron chi connectivity index (χ1n) is 3.86. The van der Waals surface area contributed by atoms with Gasteiger partial charge in [0.2, 0.25) is 5.91 Å². The Balaban J connectivity index is 3.75. The summed E-state index contributed by atoms with van der Waals surface area (Å²) in [6.07, 6.45) is 0. The summed E-state index contributed by atoms with van der Waals surface area (Å²) in [5, 5.41) is 12.6. The van der Waals surface area contributed by atoms with Gasteiger partial charge in [0.25, 0.3) is 0 Å². The van der Waals surface area contributed by atoms with Crippen molar-refractivity contribution >= 4 is 23.7 Å². The fourth-order valence-corrected chi connectivity index (χ4v) is 1.25. The second kappa shape index (κ2) is 6.73. The average molecular weight is 206 g/mol. The average Bonchev–Trinajstić information content (AvgIpc) is 2.13. The lowest BCUT2D eigenvalue weighted by Crippen LogP contribution is -2.41. The molecule has 0 aromatic rings. The van der Waals surface area contributed by atoms with Crippen LogP contribution in [0.2, 0.25) is 0 Å². The molecule has 0 saturated carbocycles. The topological polar surface area (TPSA) is 78.4 Å². The molecule has 0 fully saturated rings. The summed E-state index contributed by atoms with van der Waals surface area (Å²) in [5.74, 6) is 0.139. The Kier molecular flexibility index (Phi) is 6.34. The molecule has 5 nitrogen and oxygen atoms in total. The molecule has 13 heavy (non-hydrogen) atoms. The van der Waals surface area contributed by atoms with Gasteiger partial charge in [-0.05, 0) is 6.92 Å². The van der Waals surface area contributed by atoms with Crippen LogP contribution < -0.4 is 10.6 Å². The van der Waals surface area contributed by atoms with Crippen molar-refractivity contribution in [2.45, 2.75) is 12.2 Å². The second-order valence-corrected chi connectivity index (χ2v) is 3.75. The summed E-state index contributed by atoms with van der Waals surface area (Å²) in [5.41, 5.74) is 0. The highest BCUT2D eigenvalue weighted by atomic mass is 32.2. The third kappa shape index (κ3) is 5.48. The van der Waals surface area contributed by atoms with E-state index in [1.807, 2.05) is 0 Å². The van der Waals surface area contributed by atoms with Crippen molar-refractivity contribution < 1.29 is 14.7 Å². The van der Waals surface area contributed by atoms with E-state index in [4.69, 9.17) is 5.11 Å². The van der Waals surface area contributed by atoms with E-state index in [0.717, 1.165) is 0 Å². The van der Waals surface area contributed by atoms with Crippen molar-refractivity contribution in [3.8, 4) is 0 Å². The van der Waals surface area contributed by atoms with Crippen LogP contribution in [0.5, 0.6) is 0 Å². The van der Waals surface area contributed by atoms with Gasteiger partial charge >= 0.3 is 6.03 Å². The van der Waals surface area contributed by atoms with Gasteiger partial charge in [0.1, 0.15) is 0 Å². The number of carbonyl (C=O) groups excluding carboxylic acids is 2. The molecule has 1 atom stereocenters. The molecule has 3 N–H and O–H groups in total. The molecule has 0 saturated heterocycles. The molecule has 0 aliphatic rings. The van der Waals surface area contributed by atoms with Crippen molar-refractivity contribution in [1.82, 2.24) is 10.6 Å². The molecular formula is C7H14N2O3S. The van der Waals surface area contributed by atoms with Crippen molar-refractivity contribution in [1.29, 1.82) is 0 Å². The van der Waals surface area contributed by atoms with Crippen LogP contribution in [-0.2, 0) is 4.79 Å². The maximum atomic E-state index is 11.1. The number of carbonyl (C=O) groups is 2. The maximum absolute atomic E-state index is 11.1. The molecule has 0 aliphatic carbocycles. The number of thioether (sulfide) groups is 1. The smallest absolute Gasteiger partial charge is 0.321 e. The Morgan fingerprint density at radius 2 is 2.15 bits per heavy atom. The van der Waals surface area contributed by atoms with Crippen LogP contribution in [0.3, 0.4) is 0 Å². The van der Waals surface area contributed by atoms with E-state index < -0.39 is 6.03 Å². The fraction of sp³-hybridized carbons (Fsp3) is 0.714. The van der Waals surface area contributed by atoms with E-state index in [1.165, 1.54) is 18.8 Å². The van der Waals surface area contributed by atoms with Crippen LogP contribution in [0.1, 0.15) is 6.92 Å². The van der Waals surface area contributed by atoms with Crippen LogP contribution in [0.25, 0.3) is 0 Å². The summed E-state index contributed by atoms with van der Waals surface area (Å²) in [6.45, 7) is 1.71. The number of imide groups is 1. The molecule has 3 amide bonds. The molecule has 0 heterocycles. The summed E-state index contributed by atoms with van der Waals surface area (Å²) < 4.78 is 0. The number of urea groups is 1. The van der Waals surface area contributed by atoms with Crippen molar-refractivity contribution in [3.63, 3.8) is 0 Å². The number of hydrogen-bond acceptors (Lipinski definition) is 4. The predicted octanol–water partition coefficient (Wildman–Crippen LogP) is -0.444. The third-order valence-corrected chi connectivity index (χ3v) is 2.42. The number of rotatable bonds is 4. The Morgan fingerprint density at radius 3 is 2.62 bits per heavy atom. The van der Waals surface area contributed by atoms with Crippen molar-refractivity contribution in [3.05, 3.63) is 0 Å². The molecule has 0 rings (SSSR count). The number of aliphatic hydroxyl groups is 1. The summed E-state index contributed by atoms with van der Waals surface area (Å²) in [6, 6.07) is -0.513. The standard InChI is InChI=1S/C7H14N2O3S/c1-5(13-4-3-10)6(11)9-7(12)8-2/h5,10H,3-4H2,1-2H3,(H2,8,9,11,12)/t5-/m1/s1. The first-order valence-corrected chi connectivity index (χ1v) is 4.91. The normalized spacial score (nSPS) is 11.9. The van der Waals surface area contributed by atoms with Gasteiger partial charge in [0.05, 0.1) is 11.9 Å². The lowest BCUT2D eigenvalue weighted by atomic mass is 10.4. The highest BCUT2D eigenvalue weighted by Crippen LogP contribution is 2.08. The monoisotopic (exact) mass is 206 g/mol. The Morgan fingerprint density at radius 1 is 1.54 bits per heavy atom. The first kappa shape index (κ1) is 12.2. The largest absolute Gasteiger partial charge is 0.396 e. The number of amides is 3. The van der Waals surface area contributed by atoms with Gasteiger partial charge in [0.15, 0.2) is 0 Å². The second-order valence-electron chi connectivity index (χ2n) is 2.31. The molecule has 0 radical (unpaired) electrons. The summed E-state index contributed by atoms with van der Waals surface area (Å²) in [7, 11) is 1.44. The van der Waals surface area contributed by atoms with Gasteiger partial charge in [-0.1, -0.05) is 0 Å². The SMILES string of the molecule is CNC(=O)NC(=O)[C@@H](C)SCCO. The van der Waals surface area contributed by atoms with Gasteiger partial charge in [-0.2, -0.15) is 0 Å². The number of aliphatic hydroxyl groups excluding tert-OH is 1.